The third-order valence-corrected chi connectivity index (χ3v) is 7.65. The summed E-state index contributed by atoms with van der Waals surface area (Å²) in [6, 6.07) is 12.0. The molecular formula is C21H30N4O3S. The Balaban J connectivity index is 1.51. The fourth-order valence-corrected chi connectivity index (χ4v) is 4.96. The molecule has 0 radical (unpaired) electrons. The molecule has 1 N–H and O–H groups in total. The largest absolute Gasteiger partial charge is 0.311 e. The van der Waals surface area contributed by atoms with Gasteiger partial charge in [0.1, 0.15) is 5.82 Å². The predicted molar refractivity (Wildman–Crippen MR) is 114 cm³/mol. The van der Waals surface area contributed by atoms with Gasteiger partial charge in [0, 0.05) is 25.6 Å². The van der Waals surface area contributed by atoms with Crippen LogP contribution in [0.1, 0.15) is 51.1 Å². The summed E-state index contributed by atoms with van der Waals surface area (Å²) < 4.78 is 28.1. The van der Waals surface area contributed by atoms with E-state index in [0.717, 1.165) is 12.8 Å². The van der Waals surface area contributed by atoms with Gasteiger partial charge in [-0.25, -0.2) is 17.4 Å². The molecule has 1 fully saturated rings. The molecule has 1 aliphatic heterocycles. The average molecular weight is 419 g/mol. The molecule has 1 aromatic heterocycles. The highest BCUT2D eigenvalue weighted by Crippen LogP contribution is 2.27. The quantitative estimate of drug-likeness (QED) is 0.713. The number of carbonyl (C=O) groups is 1. The molecule has 0 bridgehead atoms. The lowest BCUT2D eigenvalue weighted by atomic mass is 10.1. The van der Waals surface area contributed by atoms with Crippen molar-refractivity contribution in [2.24, 2.45) is 0 Å². The van der Waals surface area contributed by atoms with E-state index in [1.165, 1.54) is 5.56 Å². The van der Waals surface area contributed by atoms with E-state index in [1.54, 1.807) is 30.4 Å². The number of nitrogens with zero attached hydrogens (tertiary/aromatic N) is 3. The van der Waals surface area contributed by atoms with Gasteiger partial charge in [-0.1, -0.05) is 30.3 Å². The number of amides is 1. The predicted octanol–water partition coefficient (Wildman–Crippen LogP) is 3.22. The normalized spacial score (nSPS) is 16.2. The minimum atomic E-state index is -3.22. The number of nitrogens with one attached hydrogen (secondary N) is 1. The monoisotopic (exact) mass is 418 g/mol. The van der Waals surface area contributed by atoms with Gasteiger partial charge in [0.25, 0.3) is 0 Å². The number of rotatable bonds is 8. The van der Waals surface area contributed by atoms with Crippen LogP contribution in [0, 0.1) is 0 Å². The Hall–Kier alpha value is -2.19. The number of hydrogen-bond donors (Lipinski definition) is 1. The minimum absolute atomic E-state index is 0.0255. The number of sulfonamides is 1. The Kier molecular flexibility index (Phi) is 7.08. The maximum absolute atomic E-state index is 12.4. The minimum Gasteiger partial charge on any atom is -0.311 e. The molecule has 1 saturated heterocycles. The first-order chi connectivity index (χ1) is 13.9. The van der Waals surface area contributed by atoms with Crippen LogP contribution in [0.4, 0.5) is 5.82 Å². The zero-order valence-electron chi connectivity index (χ0n) is 17.1. The first-order valence-electron chi connectivity index (χ1n) is 10.2. The van der Waals surface area contributed by atoms with Crippen molar-refractivity contribution < 1.29 is 13.2 Å². The summed E-state index contributed by atoms with van der Waals surface area (Å²) in [5.74, 6) is 0.655. The first kappa shape index (κ1) is 21.5. The van der Waals surface area contributed by atoms with Gasteiger partial charge in [0.05, 0.1) is 17.5 Å². The zero-order chi connectivity index (χ0) is 20.9. The second kappa shape index (κ2) is 9.54. The lowest BCUT2D eigenvalue weighted by Gasteiger charge is -2.33. The molecule has 3 rings (SSSR count). The van der Waals surface area contributed by atoms with Crippen molar-refractivity contribution in [1.29, 1.82) is 0 Å². The van der Waals surface area contributed by atoms with E-state index in [1.807, 2.05) is 22.9 Å². The summed E-state index contributed by atoms with van der Waals surface area (Å²) in [4.78, 5) is 12.4. The standard InChI is InChI=1S/C21H30N4O3S/c1-17(2)29(27,28)24-15-12-19(13-16-24)25-20(11-14-22-25)23-21(26)10-6-9-18-7-4-3-5-8-18/h3-5,7-8,11,14,17,19H,6,9-10,12-13,15-16H2,1-2H3,(H,23,26). The van der Waals surface area contributed by atoms with Gasteiger partial charge in [-0.15, -0.1) is 0 Å². The van der Waals surface area contributed by atoms with Crippen molar-refractivity contribution in [1.82, 2.24) is 14.1 Å². The summed E-state index contributed by atoms with van der Waals surface area (Å²) in [5.41, 5.74) is 1.23. The lowest BCUT2D eigenvalue weighted by Crippen LogP contribution is -2.42. The highest BCUT2D eigenvalue weighted by molar-refractivity contribution is 7.89. The van der Waals surface area contributed by atoms with Crippen LogP contribution < -0.4 is 5.32 Å². The molecule has 8 heteroatoms. The molecule has 2 heterocycles. The maximum atomic E-state index is 12.4. The number of hydrogen-bond acceptors (Lipinski definition) is 4. The van der Waals surface area contributed by atoms with Gasteiger partial charge >= 0.3 is 0 Å². The van der Waals surface area contributed by atoms with Gasteiger partial charge in [0.15, 0.2) is 0 Å². The molecule has 2 aromatic rings. The fourth-order valence-electron chi connectivity index (χ4n) is 3.65. The Bertz CT molecular complexity index is 901. The van der Waals surface area contributed by atoms with Crippen LogP contribution in [-0.4, -0.2) is 46.8 Å². The van der Waals surface area contributed by atoms with Crippen LogP contribution in [0.2, 0.25) is 0 Å². The highest BCUT2D eigenvalue weighted by atomic mass is 32.2. The van der Waals surface area contributed by atoms with E-state index in [4.69, 9.17) is 0 Å². The molecule has 7 nitrogen and oxygen atoms in total. The second-order valence-electron chi connectivity index (χ2n) is 7.77. The Labute approximate surface area is 173 Å². The van der Waals surface area contributed by atoms with Crippen LogP contribution in [0.15, 0.2) is 42.6 Å². The molecule has 1 aromatic carbocycles. The van der Waals surface area contributed by atoms with Crippen LogP contribution in [0.3, 0.4) is 0 Å². The molecule has 0 atom stereocenters. The molecule has 0 aliphatic carbocycles. The number of aromatic nitrogens is 2. The number of anilines is 1. The van der Waals surface area contributed by atoms with E-state index in [-0.39, 0.29) is 11.9 Å². The topological polar surface area (TPSA) is 84.3 Å². The van der Waals surface area contributed by atoms with E-state index in [9.17, 15) is 13.2 Å². The van der Waals surface area contributed by atoms with Crippen LogP contribution in [0.5, 0.6) is 0 Å². The van der Waals surface area contributed by atoms with E-state index in [2.05, 4.69) is 22.5 Å². The summed E-state index contributed by atoms with van der Waals surface area (Å²) in [6.45, 7) is 4.38. The zero-order valence-corrected chi connectivity index (χ0v) is 17.9. The summed E-state index contributed by atoms with van der Waals surface area (Å²) >= 11 is 0. The van der Waals surface area contributed by atoms with Crippen LogP contribution in [-0.2, 0) is 21.2 Å². The number of carbonyl (C=O) groups excluding carboxylic acids is 1. The molecule has 0 saturated carbocycles. The van der Waals surface area contributed by atoms with Crippen LogP contribution in [0.25, 0.3) is 0 Å². The third-order valence-electron chi connectivity index (χ3n) is 5.37. The SMILES string of the molecule is CC(C)S(=O)(=O)N1CCC(n2nccc2NC(=O)CCCc2ccccc2)CC1. The van der Waals surface area contributed by atoms with Crippen molar-refractivity contribution in [3.05, 3.63) is 48.2 Å². The maximum Gasteiger partial charge on any atom is 0.225 e. The van der Waals surface area contributed by atoms with Crippen molar-refractivity contribution in [2.75, 3.05) is 18.4 Å². The van der Waals surface area contributed by atoms with Gasteiger partial charge < -0.3 is 5.32 Å². The van der Waals surface area contributed by atoms with Crippen molar-refractivity contribution >= 4 is 21.7 Å². The molecule has 1 amide bonds. The van der Waals surface area contributed by atoms with Crippen LogP contribution >= 0.6 is 0 Å². The Morgan fingerprint density at radius 2 is 1.86 bits per heavy atom. The molecule has 29 heavy (non-hydrogen) atoms. The summed E-state index contributed by atoms with van der Waals surface area (Å²) in [6.07, 6.45) is 5.16. The Morgan fingerprint density at radius 3 is 2.52 bits per heavy atom. The summed E-state index contributed by atoms with van der Waals surface area (Å²) in [5, 5.41) is 6.93. The molecule has 0 spiro atoms. The molecular weight excluding hydrogens is 388 g/mol. The van der Waals surface area contributed by atoms with Gasteiger partial charge in [0.2, 0.25) is 15.9 Å². The fraction of sp³-hybridized carbons (Fsp3) is 0.524. The van der Waals surface area contributed by atoms with E-state index < -0.39 is 15.3 Å². The molecule has 1 aliphatic rings. The van der Waals surface area contributed by atoms with E-state index >= 15 is 0 Å². The van der Waals surface area contributed by atoms with Gasteiger partial charge in [-0.3, -0.25) is 4.79 Å². The van der Waals surface area contributed by atoms with E-state index in [0.29, 0.717) is 38.2 Å². The molecule has 0 unspecified atom stereocenters. The Morgan fingerprint density at radius 1 is 1.17 bits per heavy atom. The second-order valence-corrected chi connectivity index (χ2v) is 10.3. The van der Waals surface area contributed by atoms with Crippen molar-refractivity contribution in [2.45, 2.75) is 57.2 Å². The molecule has 158 valence electrons. The third kappa shape index (κ3) is 5.45. The smallest absolute Gasteiger partial charge is 0.225 e. The van der Waals surface area contributed by atoms with Crippen molar-refractivity contribution in [3.63, 3.8) is 0 Å². The highest BCUT2D eigenvalue weighted by Gasteiger charge is 2.31. The number of piperidine rings is 1. The first-order valence-corrected chi connectivity index (χ1v) is 11.7. The lowest BCUT2D eigenvalue weighted by molar-refractivity contribution is -0.116. The summed E-state index contributed by atoms with van der Waals surface area (Å²) in [7, 11) is -3.22. The number of benzene rings is 1. The average Bonchev–Trinajstić information content (AvgIpc) is 3.16. The van der Waals surface area contributed by atoms with Crippen molar-refractivity contribution in [3.8, 4) is 0 Å². The number of aryl methyl sites for hydroxylation is 1. The van der Waals surface area contributed by atoms with Gasteiger partial charge in [-0.05, 0) is 45.1 Å². The van der Waals surface area contributed by atoms with Gasteiger partial charge in [-0.2, -0.15) is 5.10 Å².